The average molecular weight is 290 g/mol. The number of hydrogen-bond donors (Lipinski definition) is 1. The Hall–Kier alpha value is -1.05. The summed E-state index contributed by atoms with van der Waals surface area (Å²) in [4.78, 5) is 0. The summed E-state index contributed by atoms with van der Waals surface area (Å²) in [6.07, 6.45) is 6.68. The number of nitrogens with two attached hydrogens (primary N) is 1. The average Bonchev–Trinajstić information content (AvgIpc) is 2.48. The molecule has 20 heavy (non-hydrogen) atoms. The molecule has 0 unspecified atom stereocenters. The minimum absolute atomic E-state index is 0. The molecule has 1 nitrogen and oxygen atoms in total. The SMILES string of the molecule is Cc1ccc([C@@H](N)C2CCCCC2)c2ccccc12.Cl. The Morgan fingerprint density at radius 1 is 0.950 bits per heavy atom. The molecule has 1 aliphatic carbocycles. The van der Waals surface area contributed by atoms with Crippen LogP contribution >= 0.6 is 12.4 Å². The van der Waals surface area contributed by atoms with Crippen LogP contribution in [-0.2, 0) is 0 Å². The van der Waals surface area contributed by atoms with Crippen molar-refractivity contribution in [3.05, 3.63) is 47.5 Å². The van der Waals surface area contributed by atoms with Gasteiger partial charge in [0.1, 0.15) is 0 Å². The first-order valence-electron chi connectivity index (χ1n) is 7.51. The number of halogens is 1. The van der Waals surface area contributed by atoms with Gasteiger partial charge in [0.25, 0.3) is 0 Å². The van der Waals surface area contributed by atoms with Gasteiger partial charge in [-0.2, -0.15) is 0 Å². The normalized spacial score (nSPS) is 17.7. The van der Waals surface area contributed by atoms with Crippen LogP contribution in [0.5, 0.6) is 0 Å². The third-order valence-corrected chi connectivity index (χ3v) is 4.69. The Morgan fingerprint density at radius 2 is 1.60 bits per heavy atom. The van der Waals surface area contributed by atoms with E-state index >= 15 is 0 Å². The van der Waals surface area contributed by atoms with E-state index < -0.39 is 0 Å². The highest BCUT2D eigenvalue weighted by Crippen LogP contribution is 2.36. The molecule has 0 aliphatic heterocycles. The molecule has 1 atom stereocenters. The minimum Gasteiger partial charge on any atom is -0.324 e. The monoisotopic (exact) mass is 289 g/mol. The Labute approximate surface area is 128 Å². The Kier molecular flexibility index (Phi) is 5.06. The van der Waals surface area contributed by atoms with Crippen molar-refractivity contribution in [3.63, 3.8) is 0 Å². The highest BCUT2D eigenvalue weighted by molar-refractivity contribution is 5.88. The molecule has 0 heterocycles. The highest BCUT2D eigenvalue weighted by Gasteiger charge is 2.23. The van der Waals surface area contributed by atoms with Crippen LogP contribution in [0, 0.1) is 12.8 Å². The second-order valence-corrected chi connectivity index (χ2v) is 5.94. The summed E-state index contributed by atoms with van der Waals surface area (Å²) in [5.74, 6) is 0.667. The fourth-order valence-corrected chi connectivity index (χ4v) is 3.51. The molecule has 1 aliphatic rings. The van der Waals surface area contributed by atoms with Crippen LogP contribution in [0.2, 0.25) is 0 Å². The van der Waals surface area contributed by atoms with Crippen molar-refractivity contribution in [2.45, 2.75) is 45.1 Å². The highest BCUT2D eigenvalue weighted by atomic mass is 35.5. The maximum absolute atomic E-state index is 6.59. The maximum Gasteiger partial charge on any atom is 0.0329 e. The second-order valence-electron chi connectivity index (χ2n) is 5.94. The molecular weight excluding hydrogens is 266 g/mol. The van der Waals surface area contributed by atoms with E-state index in [4.69, 9.17) is 5.73 Å². The van der Waals surface area contributed by atoms with Crippen LogP contribution in [0.1, 0.15) is 49.3 Å². The summed E-state index contributed by atoms with van der Waals surface area (Å²) in [5.41, 5.74) is 9.27. The second kappa shape index (κ2) is 6.60. The molecule has 2 aromatic rings. The van der Waals surface area contributed by atoms with Gasteiger partial charge in [-0.1, -0.05) is 55.7 Å². The number of aryl methyl sites for hydroxylation is 1. The number of hydrogen-bond acceptors (Lipinski definition) is 1. The van der Waals surface area contributed by atoms with Crippen LogP contribution < -0.4 is 5.73 Å². The van der Waals surface area contributed by atoms with Gasteiger partial charge in [0.15, 0.2) is 0 Å². The zero-order valence-electron chi connectivity index (χ0n) is 12.1. The summed E-state index contributed by atoms with van der Waals surface area (Å²) < 4.78 is 0. The summed E-state index contributed by atoms with van der Waals surface area (Å²) in [6.45, 7) is 2.18. The molecule has 0 radical (unpaired) electrons. The molecule has 1 saturated carbocycles. The van der Waals surface area contributed by atoms with Gasteiger partial charge in [-0.05, 0) is 47.6 Å². The molecule has 0 amide bonds. The molecule has 0 aromatic heterocycles. The predicted octanol–water partition coefficient (Wildman–Crippen LogP) is 5.15. The molecule has 0 spiro atoms. The summed E-state index contributed by atoms with van der Waals surface area (Å²) in [5, 5.41) is 2.70. The lowest BCUT2D eigenvalue weighted by Gasteiger charge is -2.28. The first-order chi connectivity index (χ1) is 9.27. The largest absolute Gasteiger partial charge is 0.324 e. The van der Waals surface area contributed by atoms with Crippen molar-refractivity contribution in [1.82, 2.24) is 0 Å². The Morgan fingerprint density at radius 3 is 2.30 bits per heavy atom. The van der Waals surface area contributed by atoms with Gasteiger partial charge in [-0.15, -0.1) is 12.4 Å². The van der Waals surface area contributed by atoms with Gasteiger partial charge >= 0.3 is 0 Å². The lowest BCUT2D eigenvalue weighted by Crippen LogP contribution is -2.23. The summed E-state index contributed by atoms with van der Waals surface area (Å²) in [6, 6.07) is 13.3. The van der Waals surface area contributed by atoms with Crippen molar-refractivity contribution in [3.8, 4) is 0 Å². The van der Waals surface area contributed by atoms with Crippen molar-refractivity contribution >= 4 is 23.2 Å². The number of fused-ring (bicyclic) bond motifs is 1. The lowest BCUT2D eigenvalue weighted by molar-refractivity contribution is 0.309. The van der Waals surface area contributed by atoms with E-state index in [2.05, 4.69) is 43.3 Å². The van der Waals surface area contributed by atoms with Crippen molar-refractivity contribution < 1.29 is 0 Å². The van der Waals surface area contributed by atoms with Gasteiger partial charge in [0.2, 0.25) is 0 Å². The van der Waals surface area contributed by atoms with Gasteiger partial charge in [0.05, 0.1) is 0 Å². The van der Waals surface area contributed by atoms with E-state index in [-0.39, 0.29) is 18.4 Å². The summed E-state index contributed by atoms with van der Waals surface area (Å²) >= 11 is 0. The first-order valence-corrected chi connectivity index (χ1v) is 7.51. The Balaban J connectivity index is 0.00000147. The van der Waals surface area contributed by atoms with Crippen LogP contribution in [0.25, 0.3) is 10.8 Å². The molecule has 0 bridgehead atoms. The molecule has 0 saturated heterocycles. The fourth-order valence-electron chi connectivity index (χ4n) is 3.51. The fraction of sp³-hybridized carbons (Fsp3) is 0.444. The molecule has 108 valence electrons. The number of benzene rings is 2. The molecular formula is C18H24ClN. The van der Waals surface area contributed by atoms with Crippen molar-refractivity contribution in [1.29, 1.82) is 0 Å². The van der Waals surface area contributed by atoms with E-state index in [1.54, 1.807) is 0 Å². The number of rotatable bonds is 2. The Bertz CT molecular complexity index is 573. The van der Waals surface area contributed by atoms with E-state index in [1.165, 1.54) is 54.0 Å². The quantitative estimate of drug-likeness (QED) is 0.813. The predicted molar refractivity (Wildman–Crippen MR) is 89.4 cm³/mol. The zero-order valence-corrected chi connectivity index (χ0v) is 13.0. The standard InChI is InChI=1S/C18H23N.ClH/c1-13-11-12-17(16-10-6-5-9-15(13)16)18(19)14-7-3-2-4-8-14;/h5-6,9-12,14,18H,2-4,7-8,19H2,1H3;1H/t18-;/m0./s1. The van der Waals surface area contributed by atoms with Gasteiger partial charge < -0.3 is 5.73 Å². The van der Waals surface area contributed by atoms with E-state index in [0.29, 0.717) is 5.92 Å². The third kappa shape index (κ3) is 2.84. The van der Waals surface area contributed by atoms with Crippen molar-refractivity contribution in [2.24, 2.45) is 11.7 Å². The van der Waals surface area contributed by atoms with Crippen LogP contribution in [0.15, 0.2) is 36.4 Å². The molecule has 2 N–H and O–H groups in total. The van der Waals surface area contributed by atoms with E-state index in [1.807, 2.05) is 0 Å². The van der Waals surface area contributed by atoms with Gasteiger partial charge in [-0.25, -0.2) is 0 Å². The van der Waals surface area contributed by atoms with Crippen LogP contribution in [-0.4, -0.2) is 0 Å². The molecule has 1 fully saturated rings. The summed E-state index contributed by atoms with van der Waals surface area (Å²) in [7, 11) is 0. The maximum atomic E-state index is 6.59. The lowest BCUT2D eigenvalue weighted by atomic mass is 9.80. The van der Waals surface area contributed by atoms with Crippen LogP contribution in [0.4, 0.5) is 0 Å². The van der Waals surface area contributed by atoms with Crippen LogP contribution in [0.3, 0.4) is 0 Å². The minimum atomic E-state index is 0. The van der Waals surface area contributed by atoms with Gasteiger partial charge in [-0.3, -0.25) is 0 Å². The third-order valence-electron chi connectivity index (χ3n) is 4.69. The van der Waals surface area contributed by atoms with Crippen molar-refractivity contribution in [2.75, 3.05) is 0 Å². The topological polar surface area (TPSA) is 26.0 Å². The van der Waals surface area contributed by atoms with E-state index in [9.17, 15) is 0 Å². The first kappa shape index (κ1) is 15.3. The molecule has 3 rings (SSSR count). The van der Waals surface area contributed by atoms with Gasteiger partial charge in [0, 0.05) is 6.04 Å². The zero-order chi connectivity index (χ0) is 13.2. The van der Waals surface area contributed by atoms with E-state index in [0.717, 1.165) is 0 Å². The smallest absolute Gasteiger partial charge is 0.0329 e. The molecule has 2 aromatic carbocycles. The molecule has 2 heteroatoms.